The number of morpholine rings is 1. The molecule has 1 aromatic carbocycles. The third-order valence-electron chi connectivity index (χ3n) is 3.57. The summed E-state index contributed by atoms with van der Waals surface area (Å²) in [7, 11) is 0. The van der Waals surface area contributed by atoms with Crippen molar-refractivity contribution in [2.75, 3.05) is 32.9 Å². The molecule has 4 nitrogen and oxygen atoms in total. The van der Waals surface area contributed by atoms with Gasteiger partial charge < -0.3 is 14.6 Å². The molecule has 0 aliphatic carbocycles. The second-order valence-electron chi connectivity index (χ2n) is 5.25. The first-order chi connectivity index (χ1) is 8.80. The summed E-state index contributed by atoms with van der Waals surface area (Å²) in [6.45, 7) is 3.95. The van der Waals surface area contributed by atoms with Crippen LogP contribution in [-0.4, -0.2) is 54.6 Å². The van der Waals surface area contributed by atoms with Crippen LogP contribution in [0.3, 0.4) is 0 Å². The monoisotopic (exact) mass is 249 g/mol. The van der Waals surface area contributed by atoms with Crippen molar-refractivity contribution in [3.8, 4) is 0 Å². The van der Waals surface area contributed by atoms with Crippen molar-refractivity contribution in [3.63, 3.8) is 0 Å². The van der Waals surface area contributed by atoms with Crippen LogP contribution in [-0.2, 0) is 16.0 Å². The summed E-state index contributed by atoms with van der Waals surface area (Å²) in [4.78, 5) is 2.35. The Kier molecular flexibility index (Phi) is 3.35. The zero-order chi connectivity index (χ0) is 12.4. The Labute approximate surface area is 107 Å². The zero-order valence-electron chi connectivity index (χ0n) is 10.4. The molecule has 1 spiro atoms. The summed E-state index contributed by atoms with van der Waals surface area (Å²) in [6.07, 6.45) is -0.0913. The summed E-state index contributed by atoms with van der Waals surface area (Å²) in [5.41, 5.74) is 1.12. The van der Waals surface area contributed by atoms with Crippen molar-refractivity contribution in [3.05, 3.63) is 35.9 Å². The van der Waals surface area contributed by atoms with E-state index < -0.39 is 0 Å². The van der Waals surface area contributed by atoms with Crippen LogP contribution in [0.5, 0.6) is 0 Å². The van der Waals surface area contributed by atoms with Crippen molar-refractivity contribution < 1.29 is 14.6 Å². The number of benzene rings is 1. The van der Waals surface area contributed by atoms with Gasteiger partial charge in [0, 0.05) is 19.6 Å². The van der Waals surface area contributed by atoms with Crippen LogP contribution in [0.4, 0.5) is 0 Å². The van der Waals surface area contributed by atoms with Crippen LogP contribution in [0, 0.1) is 0 Å². The highest BCUT2D eigenvalue weighted by atomic mass is 16.6. The van der Waals surface area contributed by atoms with Gasteiger partial charge in [-0.3, -0.25) is 4.90 Å². The molecule has 0 saturated carbocycles. The molecule has 0 amide bonds. The molecule has 1 unspecified atom stereocenters. The predicted octanol–water partition coefficient (Wildman–Crippen LogP) is 0.649. The normalized spacial score (nSPS) is 27.1. The van der Waals surface area contributed by atoms with Crippen LogP contribution < -0.4 is 0 Å². The Morgan fingerprint density at radius 3 is 2.67 bits per heavy atom. The summed E-state index contributed by atoms with van der Waals surface area (Å²) >= 11 is 0. The molecule has 3 rings (SSSR count). The van der Waals surface area contributed by atoms with Gasteiger partial charge >= 0.3 is 0 Å². The highest BCUT2D eigenvalue weighted by Gasteiger charge is 2.46. The third-order valence-corrected chi connectivity index (χ3v) is 3.57. The van der Waals surface area contributed by atoms with E-state index in [2.05, 4.69) is 29.2 Å². The van der Waals surface area contributed by atoms with E-state index in [1.165, 1.54) is 5.56 Å². The maximum absolute atomic E-state index is 9.33. The van der Waals surface area contributed by atoms with Crippen LogP contribution in [0.25, 0.3) is 0 Å². The standard InChI is InChI=1S/C14H19NO3/c16-8-13-7-15(6-12-4-2-1-3-5-12)9-14(18-13)10-17-11-14/h1-5,13,16H,6-11H2. The van der Waals surface area contributed by atoms with Crippen molar-refractivity contribution in [1.82, 2.24) is 4.90 Å². The summed E-state index contributed by atoms with van der Waals surface area (Å²) < 4.78 is 11.2. The van der Waals surface area contributed by atoms with E-state index in [9.17, 15) is 5.11 Å². The minimum atomic E-state index is -0.180. The molecule has 2 saturated heterocycles. The molecule has 4 heteroatoms. The molecule has 2 fully saturated rings. The predicted molar refractivity (Wildman–Crippen MR) is 67.2 cm³/mol. The van der Waals surface area contributed by atoms with Crippen molar-refractivity contribution in [2.24, 2.45) is 0 Å². The van der Waals surface area contributed by atoms with E-state index in [1.54, 1.807) is 0 Å². The third kappa shape index (κ3) is 2.42. The number of hydrogen-bond donors (Lipinski definition) is 1. The number of nitrogens with zero attached hydrogens (tertiary/aromatic N) is 1. The first-order valence-electron chi connectivity index (χ1n) is 6.42. The van der Waals surface area contributed by atoms with Gasteiger partial charge in [-0.1, -0.05) is 30.3 Å². The fourth-order valence-corrected chi connectivity index (χ4v) is 2.73. The Morgan fingerprint density at radius 1 is 1.28 bits per heavy atom. The van der Waals surface area contributed by atoms with Crippen LogP contribution in [0.1, 0.15) is 5.56 Å². The van der Waals surface area contributed by atoms with Gasteiger partial charge in [0.1, 0.15) is 5.60 Å². The number of aliphatic hydroxyl groups excluding tert-OH is 1. The highest BCUT2D eigenvalue weighted by molar-refractivity contribution is 5.15. The van der Waals surface area contributed by atoms with Crippen LogP contribution >= 0.6 is 0 Å². The first kappa shape index (κ1) is 12.1. The lowest BCUT2D eigenvalue weighted by Crippen LogP contribution is -2.65. The van der Waals surface area contributed by atoms with E-state index in [0.29, 0.717) is 13.2 Å². The largest absolute Gasteiger partial charge is 0.394 e. The molecule has 0 aromatic heterocycles. The van der Waals surface area contributed by atoms with E-state index in [4.69, 9.17) is 9.47 Å². The maximum atomic E-state index is 9.33. The smallest absolute Gasteiger partial charge is 0.128 e. The highest BCUT2D eigenvalue weighted by Crippen LogP contribution is 2.29. The second kappa shape index (κ2) is 4.97. The second-order valence-corrected chi connectivity index (χ2v) is 5.25. The topological polar surface area (TPSA) is 41.9 Å². The fourth-order valence-electron chi connectivity index (χ4n) is 2.73. The molecule has 2 heterocycles. The Bertz CT molecular complexity index is 391. The Balaban J connectivity index is 1.68. The lowest BCUT2D eigenvalue weighted by atomic mass is 9.97. The number of aliphatic hydroxyl groups is 1. The van der Waals surface area contributed by atoms with Crippen molar-refractivity contribution in [1.29, 1.82) is 0 Å². The molecule has 0 bridgehead atoms. The molecular formula is C14H19NO3. The zero-order valence-corrected chi connectivity index (χ0v) is 10.4. The summed E-state index contributed by atoms with van der Waals surface area (Å²) in [6, 6.07) is 10.4. The van der Waals surface area contributed by atoms with Gasteiger partial charge in [0.05, 0.1) is 25.9 Å². The minimum absolute atomic E-state index is 0.0764. The summed E-state index contributed by atoms with van der Waals surface area (Å²) in [5, 5.41) is 9.33. The number of ether oxygens (including phenoxy) is 2. The van der Waals surface area contributed by atoms with Gasteiger partial charge in [0.2, 0.25) is 0 Å². The molecule has 18 heavy (non-hydrogen) atoms. The lowest BCUT2D eigenvalue weighted by molar-refractivity contribution is -0.267. The van der Waals surface area contributed by atoms with E-state index >= 15 is 0 Å². The Morgan fingerprint density at radius 2 is 2.06 bits per heavy atom. The number of rotatable bonds is 3. The molecule has 2 aliphatic heterocycles. The molecule has 1 atom stereocenters. The van der Waals surface area contributed by atoms with Crippen LogP contribution in [0.15, 0.2) is 30.3 Å². The van der Waals surface area contributed by atoms with Gasteiger partial charge in [0.25, 0.3) is 0 Å². The maximum Gasteiger partial charge on any atom is 0.128 e. The SMILES string of the molecule is OCC1CN(Cc2ccccc2)CC2(COC2)O1. The average molecular weight is 249 g/mol. The average Bonchev–Trinajstić information content (AvgIpc) is 2.37. The van der Waals surface area contributed by atoms with Crippen LogP contribution in [0.2, 0.25) is 0 Å². The van der Waals surface area contributed by atoms with Crippen molar-refractivity contribution >= 4 is 0 Å². The van der Waals surface area contributed by atoms with Gasteiger partial charge in [-0.15, -0.1) is 0 Å². The summed E-state index contributed by atoms with van der Waals surface area (Å²) in [5.74, 6) is 0. The lowest BCUT2D eigenvalue weighted by Gasteiger charge is -2.50. The van der Waals surface area contributed by atoms with Gasteiger partial charge in [-0.2, -0.15) is 0 Å². The molecule has 98 valence electrons. The quantitative estimate of drug-likeness (QED) is 0.854. The van der Waals surface area contributed by atoms with Crippen molar-refractivity contribution in [2.45, 2.75) is 18.2 Å². The van der Waals surface area contributed by atoms with Gasteiger partial charge in [0.15, 0.2) is 0 Å². The molecule has 1 aromatic rings. The molecule has 2 aliphatic rings. The van der Waals surface area contributed by atoms with E-state index in [-0.39, 0.29) is 18.3 Å². The fraction of sp³-hybridized carbons (Fsp3) is 0.571. The first-order valence-corrected chi connectivity index (χ1v) is 6.42. The van der Waals surface area contributed by atoms with Gasteiger partial charge in [-0.25, -0.2) is 0 Å². The molecule has 0 radical (unpaired) electrons. The minimum Gasteiger partial charge on any atom is -0.394 e. The van der Waals surface area contributed by atoms with Gasteiger partial charge in [-0.05, 0) is 5.56 Å². The van der Waals surface area contributed by atoms with E-state index in [0.717, 1.165) is 19.6 Å². The van der Waals surface area contributed by atoms with E-state index in [1.807, 2.05) is 6.07 Å². The molecular weight excluding hydrogens is 230 g/mol. The Hall–Kier alpha value is -0.940. The number of hydrogen-bond acceptors (Lipinski definition) is 4. The molecule has 1 N–H and O–H groups in total.